The predicted molar refractivity (Wildman–Crippen MR) is 325 cm³/mol. The molecule has 0 aromatic rings. The fourth-order valence-corrected chi connectivity index (χ4v) is 10.4. The van der Waals surface area contributed by atoms with Gasteiger partial charge in [-0.2, -0.15) is 0 Å². The zero-order chi connectivity index (χ0) is 54.9. The second-order valence-corrected chi connectivity index (χ2v) is 24.9. The minimum Gasteiger partial charge on any atom is -0.756 e. The Balaban J connectivity index is 4.18. The first-order valence-corrected chi connectivity index (χ1v) is 34.0. The number of quaternary nitrogens is 1. The third-order valence-electron chi connectivity index (χ3n) is 14.7. The molecule has 0 aromatic carbocycles. The first-order valence-electron chi connectivity index (χ1n) is 32.5. The number of nitrogens with zero attached hydrogens (tertiary/aromatic N) is 1. The minimum absolute atomic E-state index is 0.00915. The standard InChI is InChI=1S/C66H127N2O6P/c1-6-8-10-12-14-16-18-20-22-24-26-28-30-31-32-33-34-35-36-38-39-41-43-45-47-49-51-53-55-57-59-65(69)64(63-74-75(71,72)73-62-61-68(3,4)5)67-66(70)60-58-56-54-52-50-48-46-44-42-40-37-29-27-25-23-21-19-17-15-13-11-9-7-2/h25,27,41,43,49,51,57,59,64-65,69H,6-24,26,28-40,42,44-48,50,52-56,58,60-63H2,1-5H3,(H-,67,70,71,72)/b27-25-,43-41+,51-49+,59-57+. The lowest BCUT2D eigenvalue weighted by atomic mass is 10.0. The number of aliphatic hydroxyl groups excluding tert-OH is 1. The monoisotopic (exact) mass is 1070 g/mol. The smallest absolute Gasteiger partial charge is 0.268 e. The fraction of sp³-hybridized carbons (Fsp3) is 0.864. The third-order valence-corrected chi connectivity index (χ3v) is 15.7. The van der Waals surface area contributed by atoms with Crippen molar-refractivity contribution in [3.8, 4) is 0 Å². The van der Waals surface area contributed by atoms with Crippen LogP contribution in [0.1, 0.15) is 316 Å². The molecule has 0 bridgehead atoms. The lowest BCUT2D eigenvalue weighted by molar-refractivity contribution is -0.870. The summed E-state index contributed by atoms with van der Waals surface area (Å²) in [4.78, 5) is 25.6. The van der Waals surface area contributed by atoms with E-state index in [1.54, 1.807) is 6.08 Å². The van der Waals surface area contributed by atoms with E-state index in [1.165, 1.54) is 250 Å². The van der Waals surface area contributed by atoms with Crippen LogP contribution in [-0.4, -0.2) is 68.5 Å². The number of carbonyl (C=O) groups excluding carboxylic acids is 1. The van der Waals surface area contributed by atoms with Crippen molar-refractivity contribution in [1.29, 1.82) is 0 Å². The van der Waals surface area contributed by atoms with Crippen molar-refractivity contribution in [3.63, 3.8) is 0 Å². The topological polar surface area (TPSA) is 108 Å². The lowest BCUT2D eigenvalue weighted by Gasteiger charge is -2.29. The summed E-state index contributed by atoms with van der Waals surface area (Å²) < 4.78 is 23.4. The second kappa shape index (κ2) is 57.2. The molecule has 3 atom stereocenters. The van der Waals surface area contributed by atoms with Gasteiger partial charge in [0.15, 0.2) is 0 Å². The maximum atomic E-state index is 13.0. The molecular formula is C66H127N2O6P. The van der Waals surface area contributed by atoms with Crippen LogP contribution >= 0.6 is 7.82 Å². The highest BCUT2D eigenvalue weighted by atomic mass is 31.2. The third kappa shape index (κ3) is 60.0. The summed E-state index contributed by atoms with van der Waals surface area (Å²) in [7, 11) is 1.24. The Bertz CT molecular complexity index is 1360. The molecule has 0 radical (unpaired) electrons. The molecule has 1 amide bonds. The molecule has 0 aliphatic rings. The van der Waals surface area contributed by atoms with Gasteiger partial charge < -0.3 is 28.8 Å². The Hall–Kier alpha value is -1.54. The van der Waals surface area contributed by atoms with E-state index in [4.69, 9.17) is 9.05 Å². The lowest BCUT2D eigenvalue weighted by Crippen LogP contribution is -2.45. The molecule has 8 nitrogen and oxygen atoms in total. The molecule has 0 spiro atoms. The van der Waals surface area contributed by atoms with Gasteiger partial charge in [0.25, 0.3) is 7.82 Å². The number of phosphoric acid groups is 1. The van der Waals surface area contributed by atoms with Crippen molar-refractivity contribution in [2.75, 3.05) is 40.9 Å². The van der Waals surface area contributed by atoms with Crippen LogP contribution in [0.4, 0.5) is 0 Å². The van der Waals surface area contributed by atoms with Gasteiger partial charge >= 0.3 is 0 Å². The number of rotatable bonds is 60. The van der Waals surface area contributed by atoms with Crippen LogP contribution in [0, 0.1) is 0 Å². The number of allylic oxidation sites excluding steroid dienone is 7. The van der Waals surface area contributed by atoms with Crippen molar-refractivity contribution in [2.24, 2.45) is 0 Å². The number of nitrogens with one attached hydrogen (secondary N) is 1. The number of likely N-dealkylation sites (N-methyl/N-ethyl adjacent to an activating group) is 1. The molecule has 0 aliphatic carbocycles. The van der Waals surface area contributed by atoms with Gasteiger partial charge in [0, 0.05) is 6.42 Å². The number of aliphatic hydroxyl groups is 1. The Morgan fingerprint density at radius 2 is 0.747 bits per heavy atom. The molecule has 3 unspecified atom stereocenters. The maximum Gasteiger partial charge on any atom is 0.268 e. The van der Waals surface area contributed by atoms with Gasteiger partial charge in [-0.3, -0.25) is 9.36 Å². The van der Waals surface area contributed by atoms with Crippen LogP contribution in [-0.2, 0) is 18.4 Å². The summed E-state index contributed by atoms with van der Waals surface area (Å²) in [5.74, 6) is -0.209. The van der Waals surface area contributed by atoms with E-state index >= 15 is 0 Å². The van der Waals surface area contributed by atoms with Crippen LogP contribution in [0.5, 0.6) is 0 Å². The Labute approximate surface area is 467 Å². The molecule has 2 N–H and O–H groups in total. The van der Waals surface area contributed by atoms with Crippen molar-refractivity contribution < 1.29 is 32.9 Å². The highest BCUT2D eigenvalue weighted by Crippen LogP contribution is 2.38. The first kappa shape index (κ1) is 73.5. The Kier molecular flexibility index (Phi) is 56.0. The van der Waals surface area contributed by atoms with Crippen molar-refractivity contribution >= 4 is 13.7 Å². The molecule has 0 heterocycles. The van der Waals surface area contributed by atoms with Gasteiger partial charge in [-0.15, -0.1) is 0 Å². The Morgan fingerprint density at radius 1 is 0.453 bits per heavy atom. The first-order chi connectivity index (χ1) is 36.5. The number of phosphoric ester groups is 1. The molecular weight excluding hydrogens is 948 g/mol. The van der Waals surface area contributed by atoms with Crippen LogP contribution in [0.3, 0.4) is 0 Å². The van der Waals surface area contributed by atoms with E-state index in [-0.39, 0.29) is 12.5 Å². The van der Waals surface area contributed by atoms with Crippen LogP contribution in [0.15, 0.2) is 48.6 Å². The van der Waals surface area contributed by atoms with Gasteiger partial charge in [-0.1, -0.05) is 287 Å². The van der Waals surface area contributed by atoms with Gasteiger partial charge in [0.05, 0.1) is 39.9 Å². The molecule has 0 saturated carbocycles. The molecule has 442 valence electrons. The highest BCUT2D eigenvalue weighted by molar-refractivity contribution is 7.45. The zero-order valence-corrected chi connectivity index (χ0v) is 51.4. The molecule has 9 heteroatoms. The van der Waals surface area contributed by atoms with E-state index < -0.39 is 26.6 Å². The summed E-state index contributed by atoms with van der Waals surface area (Å²) in [6, 6.07) is -0.912. The van der Waals surface area contributed by atoms with E-state index in [2.05, 4.69) is 55.6 Å². The SMILES string of the molecule is CCCCCCCCCC/C=C\CCCCCCCCCCCCCC(=O)NC(COP(=O)([O-])OCC[N+](C)(C)C)C(O)/C=C/CC/C=C/CC/C=C/CCCCCCCCCCCCCCCCCCCCCC. The number of hydrogen-bond acceptors (Lipinski definition) is 6. The average Bonchev–Trinajstić information content (AvgIpc) is 3.37. The largest absolute Gasteiger partial charge is 0.756 e. The number of carbonyl (C=O) groups is 1. The predicted octanol–water partition coefficient (Wildman–Crippen LogP) is 19.6. The Morgan fingerprint density at radius 3 is 1.08 bits per heavy atom. The summed E-state index contributed by atoms with van der Waals surface area (Å²) >= 11 is 0. The average molecular weight is 1080 g/mol. The van der Waals surface area contributed by atoms with Gasteiger partial charge in [0.1, 0.15) is 13.2 Å². The van der Waals surface area contributed by atoms with Crippen molar-refractivity contribution in [1.82, 2.24) is 5.32 Å². The second-order valence-electron chi connectivity index (χ2n) is 23.4. The van der Waals surface area contributed by atoms with Gasteiger partial charge in [-0.05, 0) is 70.6 Å². The molecule has 0 rings (SSSR count). The number of hydrogen-bond donors (Lipinski definition) is 2. The zero-order valence-electron chi connectivity index (χ0n) is 50.5. The molecule has 0 fully saturated rings. The molecule has 0 saturated heterocycles. The van der Waals surface area contributed by atoms with Crippen LogP contribution in [0.2, 0.25) is 0 Å². The maximum absolute atomic E-state index is 13.0. The number of amides is 1. The van der Waals surface area contributed by atoms with Crippen LogP contribution < -0.4 is 10.2 Å². The summed E-state index contributed by atoms with van der Waals surface area (Å²) in [5, 5.41) is 13.9. The van der Waals surface area contributed by atoms with E-state index in [9.17, 15) is 19.4 Å². The van der Waals surface area contributed by atoms with Crippen molar-refractivity contribution in [3.05, 3.63) is 48.6 Å². The summed E-state index contributed by atoms with van der Waals surface area (Å²) in [5.41, 5.74) is 0. The summed E-state index contributed by atoms with van der Waals surface area (Å²) in [6.07, 6.45) is 76.5. The normalized spacial score (nSPS) is 14.1. The van der Waals surface area contributed by atoms with E-state index in [1.807, 2.05) is 27.2 Å². The van der Waals surface area contributed by atoms with E-state index in [0.29, 0.717) is 17.4 Å². The van der Waals surface area contributed by atoms with E-state index in [0.717, 1.165) is 44.9 Å². The van der Waals surface area contributed by atoms with Crippen LogP contribution in [0.25, 0.3) is 0 Å². The molecule has 0 aromatic heterocycles. The van der Waals surface area contributed by atoms with Crippen molar-refractivity contribution in [2.45, 2.75) is 328 Å². The minimum atomic E-state index is -4.61. The number of unbranched alkanes of at least 4 members (excludes halogenated alkanes) is 41. The molecule has 75 heavy (non-hydrogen) atoms. The fourth-order valence-electron chi connectivity index (χ4n) is 9.65. The van der Waals surface area contributed by atoms with Gasteiger partial charge in [-0.25, -0.2) is 0 Å². The molecule has 0 aliphatic heterocycles. The quantitative estimate of drug-likeness (QED) is 0.0272. The van der Waals surface area contributed by atoms with Gasteiger partial charge in [0.2, 0.25) is 5.91 Å². The highest BCUT2D eigenvalue weighted by Gasteiger charge is 2.23. The summed E-state index contributed by atoms with van der Waals surface area (Å²) in [6.45, 7) is 4.66.